The third-order valence-electron chi connectivity index (χ3n) is 2.83. The van der Waals surface area contributed by atoms with Crippen molar-refractivity contribution in [2.24, 2.45) is 0 Å². The van der Waals surface area contributed by atoms with Crippen molar-refractivity contribution in [3.8, 4) is 5.75 Å². The Bertz CT molecular complexity index is 357. The fourth-order valence-corrected chi connectivity index (χ4v) is 3.32. The predicted molar refractivity (Wildman–Crippen MR) is 78.3 cm³/mol. The van der Waals surface area contributed by atoms with Crippen molar-refractivity contribution in [2.75, 3.05) is 6.16 Å². The van der Waals surface area contributed by atoms with Gasteiger partial charge < -0.3 is 0 Å². The van der Waals surface area contributed by atoms with Gasteiger partial charge in [-0.3, -0.25) is 0 Å². The summed E-state index contributed by atoms with van der Waals surface area (Å²) >= 11 is 0. The molecule has 104 valence electrons. The first-order chi connectivity index (χ1) is 8.43. The fraction of sp³-hybridized carbons (Fsp3) is 0.571. The zero-order valence-electron chi connectivity index (χ0n) is 11.6. The molecule has 0 saturated carbocycles. The molecule has 0 fully saturated rings. The summed E-state index contributed by atoms with van der Waals surface area (Å²) in [7, 11) is -3.54. The van der Waals surface area contributed by atoms with Gasteiger partial charge in [0.05, 0.1) is 0 Å². The van der Waals surface area contributed by atoms with Crippen LogP contribution in [0.3, 0.4) is 0 Å². The molecule has 3 nitrogen and oxygen atoms in total. The maximum atomic E-state index is 9.92. The fourth-order valence-electron chi connectivity index (χ4n) is 2.01. The third kappa shape index (κ3) is 5.81. The first-order valence-corrected chi connectivity index (χ1v) is 8.66. The van der Waals surface area contributed by atoms with Crippen LogP contribution >= 0.6 is 7.94 Å². The molecule has 1 aromatic rings. The average molecular weight is 272 g/mol. The summed E-state index contributed by atoms with van der Waals surface area (Å²) in [5.41, 5.74) is 2.14. The Morgan fingerprint density at radius 2 is 1.61 bits per heavy atom. The molecule has 1 aromatic carbocycles. The SMILES string of the molecule is CCCCCC[PH](O)(O)Oc1cc(C)cc(C)c1. The minimum atomic E-state index is -3.54. The summed E-state index contributed by atoms with van der Waals surface area (Å²) in [6, 6.07) is 5.71. The van der Waals surface area contributed by atoms with Crippen molar-refractivity contribution in [1.29, 1.82) is 0 Å². The van der Waals surface area contributed by atoms with Crippen LogP contribution < -0.4 is 4.52 Å². The molecule has 0 aliphatic heterocycles. The first kappa shape index (κ1) is 15.4. The van der Waals surface area contributed by atoms with Gasteiger partial charge in [-0.1, -0.05) is 0 Å². The zero-order valence-corrected chi connectivity index (χ0v) is 12.6. The molecule has 0 unspecified atom stereocenters. The van der Waals surface area contributed by atoms with E-state index in [1.165, 1.54) is 0 Å². The van der Waals surface area contributed by atoms with E-state index in [4.69, 9.17) is 4.52 Å². The van der Waals surface area contributed by atoms with Gasteiger partial charge in [0.1, 0.15) is 0 Å². The van der Waals surface area contributed by atoms with Crippen LogP contribution in [0.15, 0.2) is 18.2 Å². The van der Waals surface area contributed by atoms with Crippen LogP contribution in [0.25, 0.3) is 0 Å². The van der Waals surface area contributed by atoms with E-state index in [1.807, 2.05) is 32.0 Å². The Morgan fingerprint density at radius 1 is 1.00 bits per heavy atom. The molecule has 0 saturated heterocycles. The van der Waals surface area contributed by atoms with Crippen molar-refractivity contribution in [3.63, 3.8) is 0 Å². The monoisotopic (exact) mass is 272 g/mol. The second-order valence-corrected chi connectivity index (χ2v) is 7.17. The molecular formula is C14H25O3P. The van der Waals surface area contributed by atoms with E-state index in [0.29, 0.717) is 11.9 Å². The topological polar surface area (TPSA) is 49.7 Å². The van der Waals surface area contributed by atoms with Gasteiger partial charge >= 0.3 is 110 Å². The maximum absolute atomic E-state index is 9.92. The standard InChI is InChI=1S/C14H25O3P/c1-4-5-6-7-8-18(15,16)17-14-10-12(2)9-13(3)11-14/h9-11,15-16,18H,4-8H2,1-3H3. The van der Waals surface area contributed by atoms with Gasteiger partial charge in [0, 0.05) is 0 Å². The summed E-state index contributed by atoms with van der Waals surface area (Å²) in [5, 5.41) is 0. The second kappa shape index (κ2) is 7.08. The Kier molecular flexibility index (Phi) is 6.07. The summed E-state index contributed by atoms with van der Waals surface area (Å²) in [5.74, 6) is 0.569. The van der Waals surface area contributed by atoms with E-state index in [0.717, 1.165) is 36.8 Å². The molecule has 4 heteroatoms. The number of rotatable bonds is 7. The van der Waals surface area contributed by atoms with Crippen molar-refractivity contribution in [3.05, 3.63) is 29.3 Å². The first-order valence-electron chi connectivity index (χ1n) is 6.65. The number of benzene rings is 1. The van der Waals surface area contributed by atoms with Crippen LogP contribution in [0.2, 0.25) is 0 Å². The molecule has 0 bridgehead atoms. The Balaban J connectivity index is 2.53. The van der Waals surface area contributed by atoms with E-state index < -0.39 is 7.94 Å². The summed E-state index contributed by atoms with van der Waals surface area (Å²) in [4.78, 5) is 19.8. The molecule has 0 heterocycles. The predicted octanol–water partition coefficient (Wildman–Crippen LogP) is 3.74. The van der Waals surface area contributed by atoms with Crippen LogP contribution in [0.5, 0.6) is 5.75 Å². The quantitative estimate of drug-likeness (QED) is 0.587. The van der Waals surface area contributed by atoms with Crippen LogP contribution in [0.4, 0.5) is 0 Å². The molecule has 0 radical (unpaired) electrons. The van der Waals surface area contributed by atoms with Crippen molar-refractivity contribution >= 4 is 7.94 Å². The molecule has 0 spiro atoms. The number of hydrogen-bond donors (Lipinski definition) is 2. The van der Waals surface area contributed by atoms with Crippen molar-refractivity contribution < 1.29 is 14.3 Å². The summed E-state index contributed by atoms with van der Waals surface area (Å²) < 4.78 is 5.39. The van der Waals surface area contributed by atoms with Crippen molar-refractivity contribution in [2.45, 2.75) is 46.5 Å². The van der Waals surface area contributed by atoms with E-state index in [9.17, 15) is 9.79 Å². The number of unbranched alkanes of at least 4 members (excludes halogenated alkanes) is 3. The molecule has 0 aromatic heterocycles. The molecule has 0 amide bonds. The van der Waals surface area contributed by atoms with Gasteiger partial charge in [0.15, 0.2) is 0 Å². The minimum absolute atomic E-state index is 0.375. The molecular weight excluding hydrogens is 247 g/mol. The molecule has 18 heavy (non-hydrogen) atoms. The van der Waals surface area contributed by atoms with E-state index in [-0.39, 0.29) is 0 Å². The van der Waals surface area contributed by atoms with Gasteiger partial charge in [-0.2, -0.15) is 0 Å². The molecule has 0 atom stereocenters. The van der Waals surface area contributed by atoms with E-state index in [1.54, 1.807) is 0 Å². The Labute approximate surface area is 110 Å². The van der Waals surface area contributed by atoms with Gasteiger partial charge in [0.2, 0.25) is 0 Å². The average Bonchev–Trinajstić information content (AvgIpc) is 2.22. The van der Waals surface area contributed by atoms with Crippen LogP contribution in [0.1, 0.15) is 43.7 Å². The summed E-state index contributed by atoms with van der Waals surface area (Å²) in [6.45, 7) is 6.08. The molecule has 0 aliphatic rings. The second-order valence-electron chi connectivity index (χ2n) is 4.98. The van der Waals surface area contributed by atoms with Gasteiger partial charge in [-0.05, 0) is 0 Å². The van der Waals surface area contributed by atoms with Gasteiger partial charge in [-0.15, -0.1) is 0 Å². The Hall–Kier alpha value is -0.630. The van der Waals surface area contributed by atoms with Crippen LogP contribution in [-0.4, -0.2) is 15.9 Å². The van der Waals surface area contributed by atoms with Crippen LogP contribution in [0, 0.1) is 13.8 Å². The van der Waals surface area contributed by atoms with E-state index in [2.05, 4.69) is 6.92 Å². The Morgan fingerprint density at radius 3 is 2.17 bits per heavy atom. The zero-order chi connectivity index (χ0) is 13.6. The molecule has 1 rings (SSSR count). The van der Waals surface area contributed by atoms with Gasteiger partial charge in [0.25, 0.3) is 0 Å². The molecule has 2 N–H and O–H groups in total. The number of aryl methyl sites for hydroxylation is 2. The third-order valence-corrected chi connectivity index (χ3v) is 4.40. The summed E-state index contributed by atoms with van der Waals surface area (Å²) in [6.07, 6.45) is 4.50. The molecule has 0 aliphatic carbocycles. The number of hydrogen-bond acceptors (Lipinski definition) is 3. The normalized spacial score (nSPS) is 12.5. The van der Waals surface area contributed by atoms with Crippen molar-refractivity contribution in [1.82, 2.24) is 0 Å². The van der Waals surface area contributed by atoms with Crippen LogP contribution in [-0.2, 0) is 0 Å². The van der Waals surface area contributed by atoms with Gasteiger partial charge in [-0.25, -0.2) is 0 Å². The van der Waals surface area contributed by atoms with E-state index >= 15 is 0 Å².